The van der Waals surface area contributed by atoms with Gasteiger partial charge in [0.25, 0.3) is 0 Å². The van der Waals surface area contributed by atoms with Crippen molar-refractivity contribution < 1.29 is 9.47 Å². The molecule has 1 rings (SSSR count). The minimum absolute atomic E-state index is 0. The van der Waals surface area contributed by atoms with Crippen molar-refractivity contribution in [2.75, 3.05) is 20.0 Å². The van der Waals surface area contributed by atoms with Gasteiger partial charge in [-0.3, -0.25) is 0 Å². The molecule has 1 aromatic rings. The molecule has 0 aromatic heterocycles. The van der Waals surface area contributed by atoms with Crippen LogP contribution in [0.1, 0.15) is 5.56 Å². The summed E-state index contributed by atoms with van der Waals surface area (Å²) in [7, 11) is 3.19. The average molecular weight is 204 g/mol. The van der Waals surface area contributed by atoms with E-state index in [4.69, 9.17) is 15.2 Å². The highest BCUT2D eigenvalue weighted by Gasteiger charge is 2.05. The Hall–Kier alpha value is -1.09. The summed E-state index contributed by atoms with van der Waals surface area (Å²) in [6.07, 6.45) is 0. The lowest BCUT2D eigenvalue weighted by Gasteiger charge is -2.09. The van der Waals surface area contributed by atoms with Gasteiger partial charge in [-0.1, -0.05) is 0 Å². The molecule has 3 nitrogen and oxygen atoms in total. The summed E-state index contributed by atoms with van der Waals surface area (Å²) in [5, 5.41) is 0. The third-order valence-corrected chi connectivity index (χ3v) is 1.77. The second-order valence-electron chi connectivity index (χ2n) is 2.56. The Labute approximate surface area is 84.2 Å². The van der Waals surface area contributed by atoms with Gasteiger partial charge < -0.3 is 15.2 Å². The van der Waals surface area contributed by atoms with E-state index in [9.17, 15) is 0 Å². The summed E-state index contributed by atoms with van der Waals surface area (Å²) in [6, 6.07) is 3.61. The van der Waals surface area contributed by atoms with Crippen LogP contribution in [0.25, 0.3) is 0 Å². The maximum atomic E-state index is 5.68. The first-order valence-electron chi connectivity index (χ1n) is 3.67. The number of nitrogen functional groups attached to an aromatic ring is 1. The van der Waals surface area contributed by atoms with E-state index < -0.39 is 0 Å². The van der Waals surface area contributed by atoms with Crippen molar-refractivity contribution in [3.05, 3.63) is 17.7 Å². The van der Waals surface area contributed by atoms with Gasteiger partial charge in [-0.2, -0.15) is 0 Å². The van der Waals surface area contributed by atoms with Crippen molar-refractivity contribution in [2.24, 2.45) is 0 Å². The number of nitrogens with two attached hydrogens (primary N) is 1. The van der Waals surface area contributed by atoms with Crippen molar-refractivity contribution in [2.45, 2.75) is 6.92 Å². The van der Waals surface area contributed by atoms with Gasteiger partial charge in [0.15, 0.2) is 11.5 Å². The van der Waals surface area contributed by atoms with E-state index in [2.05, 4.69) is 0 Å². The minimum atomic E-state index is 0. The van der Waals surface area contributed by atoms with Gasteiger partial charge in [-0.05, 0) is 18.6 Å². The van der Waals surface area contributed by atoms with Crippen LogP contribution in [0.4, 0.5) is 5.69 Å². The predicted octanol–water partition coefficient (Wildman–Crippen LogP) is 2.02. The Kier molecular flexibility index (Phi) is 4.42. The highest BCUT2D eigenvalue weighted by atomic mass is 35.5. The molecule has 0 spiro atoms. The van der Waals surface area contributed by atoms with Gasteiger partial charge >= 0.3 is 0 Å². The summed E-state index contributed by atoms with van der Waals surface area (Å²) in [6.45, 7) is 1.93. The van der Waals surface area contributed by atoms with Crippen LogP contribution >= 0.6 is 12.4 Å². The molecule has 74 valence electrons. The van der Waals surface area contributed by atoms with E-state index in [0.717, 1.165) is 5.56 Å². The number of hydrogen-bond donors (Lipinski definition) is 1. The van der Waals surface area contributed by atoms with Crippen molar-refractivity contribution >= 4 is 18.1 Å². The molecule has 0 bridgehead atoms. The first-order chi connectivity index (χ1) is 5.69. The van der Waals surface area contributed by atoms with Crippen molar-refractivity contribution in [1.82, 2.24) is 0 Å². The predicted molar refractivity (Wildman–Crippen MR) is 55.9 cm³/mol. The fourth-order valence-electron chi connectivity index (χ4n) is 0.996. The summed E-state index contributed by atoms with van der Waals surface area (Å²) < 4.78 is 10.2. The molecule has 0 aliphatic carbocycles. The van der Waals surface area contributed by atoms with Gasteiger partial charge in [0, 0.05) is 11.8 Å². The minimum Gasteiger partial charge on any atom is -0.493 e. The number of benzene rings is 1. The Morgan fingerprint density at radius 2 is 1.54 bits per heavy atom. The second-order valence-corrected chi connectivity index (χ2v) is 2.56. The molecule has 0 unspecified atom stereocenters. The SMILES string of the molecule is COc1cc(C)c(N)cc1OC.Cl. The lowest BCUT2D eigenvalue weighted by Crippen LogP contribution is -1.95. The molecular weight excluding hydrogens is 190 g/mol. The van der Waals surface area contributed by atoms with E-state index in [0.29, 0.717) is 17.2 Å². The number of ether oxygens (including phenoxy) is 2. The zero-order chi connectivity index (χ0) is 9.14. The first-order valence-corrected chi connectivity index (χ1v) is 3.67. The second kappa shape index (κ2) is 4.82. The lowest BCUT2D eigenvalue weighted by molar-refractivity contribution is 0.355. The maximum absolute atomic E-state index is 5.68. The smallest absolute Gasteiger partial charge is 0.162 e. The zero-order valence-electron chi connectivity index (χ0n) is 7.96. The molecule has 0 fully saturated rings. The third kappa shape index (κ3) is 2.42. The van der Waals surface area contributed by atoms with E-state index in [1.807, 2.05) is 13.0 Å². The van der Waals surface area contributed by atoms with Crippen LogP contribution in [-0.2, 0) is 0 Å². The topological polar surface area (TPSA) is 44.5 Å². The number of aryl methyl sites for hydroxylation is 1. The number of hydrogen-bond acceptors (Lipinski definition) is 3. The van der Waals surface area contributed by atoms with Crippen LogP contribution in [-0.4, -0.2) is 14.2 Å². The first kappa shape index (κ1) is 11.9. The molecule has 0 aliphatic rings. The molecule has 2 N–H and O–H groups in total. The van der Waals surface area contributed by atoms with Crippen LogP contribution in [0.2, 0.25) is 0 Å². The van der Waals surface area contributed by atoms with Gasteiger partial charge in [0.1, 0.15) is 0 Å². The summed E-state index contributed by atoms with van der Waals surface area (Å²) >= 11 is 0. The Morgan fingerprint density at radius 3 is 2.00 bits per heavy atom. The van der Waals surface area contributed by atoms with Crippen LogP contribution in [0.3, 0.4) is 0 Å². The Balaban J connectivity index is 0.00000144. The van der Waals surface area contributed by atoms with Crippen molar-refractivity contribution in [3.63, 3.8) is 0 Å². The Bertz CT molecular complexity index is 260. The van der Waals surface area contributed by atoms with Gasteiger partial charge in [0.2, 0.25) is 0 Å². The third-order valence-electron chi connectivity index (χ3n) is 1.77. The largest absolute Gasteiger partial charge is 0.493 e. The van der Waals surface area contributed by atoms with E-state index in [1.165, 1.54) is 0 Å². The molecule has 4 heteroatoms. The van der Waals surface area contributed by atoms with E-state index >= 15 is 0 Å². The number of methoxy groups -OCH3 is 2. The van der Waals surface area contributed by atoms with Gasteiger partial charge in [-0.25, -0.2) is 0 Å². The molecule has 0 saturated carbocycles. The van der Waals surface area contributed by atoms with Crippen molar-refractivity contribution in [1.29, 1.82) is 0 Å². The van der Waals surface area contributed by atoms with Crippen LogP contribution in [0.5, 0.6) is 11.5 Å². The molecule has 0 atom stereocenters. The van der Waals surface area contributed by atoms with E-state index in [1.54, 1.807) is 20.3 Å². The molecule has 13 heavy (non-hydrogen) atoms. The molecule has 0 aliphatic heterocycles. The number of halogens is 1. The standard InChI is InChI=1S/C9H13NO2.ClH/c1-6-4-8(11-2)9(12-3)5-7(6)10;/h4-5H,10H2,1-3H3;1H. The molecule has 0 heterocycles. The fourth-order valence-corrected chi connectivity index (χ4v) is 0.996. The Morgan fingerprint density at radius 1 is 1.08 bits per heavy atom. The van der Waals surface area contributed by atoms with Crippen molar-refractivity contribution in [3.8, 4) is 11.5 Å². The van der Waals surface area contributed by atoms with E-state index in [-0.39, 0.29) is 12.4 Å². The molecule has 1 aromatic carbocycles. The number of rotatable bonds is 2. The monoisotopic (exact) mass is 203 g/mol. The van der Waals surface area contributed by atoms with Crippen LogP contribution in [0.15, 0.2) is 12.1 Å². The lowest BCUT2D eigenvalue weighted by atomic mass is 10.2. The highest BCUT2D eigenvalue weighted by molar-refractivity contribution is 5.85. The summed E-state index contributed by atoms with van der Waals surface area (Å²) in [4.78, 5) is 0. The highest BCUT2D eigenvalue weighted by Crippen LogP contribution is 2.31. The average Bonchev–Trinajstić information content (AvgIpc) is 2.09. The van der Waals surface area contributed by atoms with Crippen LogP contribution < -0.4 is 15.2 Å². The molecule has 0 amide bonds. The molecule has 0 radical (unpaired) electrons. The normalized spacial score (nSPS) is 8.85. The van der Waals surface area contributed by atoms with Gasteiger partial charge in [0.05, 0.1) is 14.2 Å². The summed E-state index contributed by atoms with van der Waals surface area (Å²) in [5.41, 5.74) is 7.39. The summed E-state index contributed by atoms with van der Waals surface area (Å²) in [5.74, 6) is 1.38. The molecular formula is C9H14ClNO2. The van der Waals surface area contributed by atoms with Gasteiger partial charge in [-0.15, -0.1) is 12.4 Å². The van der Waals surface area contributed by atoms with Crippen LogP contribution in [0, 0.1) is 6.92 Å². The maximum Gasteiger partial charge on any atom is 0.162 e. The molecule has 0 saturated heterocycles. The zero-order valence-corrected chi connectivity index (χ0v) is 8.77. The quantitative estimate of drug-likeness (QED) is 0.748. The number of anilines is 1. The fraction of sp³-hybridized carbons (Fsp3) is 0.333.